The van der Waals surface area contributed by atoms with Crippen LogP contribution in [0.2, 0.25) is 5.02 Å². The Bertz CT molecular complexity index is 646. The highest BCUT2D eigenvalue weighted by Gasteiger charge is 2.16. The number of halogens is 2. The highest BCUT2D eigenvalue weighted by molar-refractivity contribution is 9.10. The van der Waals surface area contributed by atoms with Gasteiger partial charge in [-0.15, -0.1) is 0 Å². The second-order valence-corrected chi connectivity index (χ2v) is 6.73. The quantitative estimate of drug-likeness (QED) is 0.786. The van der Waals surface area contributed by atoms with Gasteiger partial charge >= 0.3 is 0 Å². The van der Waals surface area contributed by atoms with E-state index < -0.39 is 0 Å². The Morgan fingerprint density at radius 2 is 2.00 bits per heavy atom. The summed E-state index contributed by atoms with van der Waals surface area (Å²) in [7, 11) is 0. The number of rotatable bonds is 6. The van der Waals surface area contributed by atoms with Crippen LogP contribution in [0.25, 0.3) is 0 Å². The van der Waals surface area contributed by atoms with E-state index in [9.17, 15) is 0 Å². The molecule has 3 nitrogen and oxygen atoms in total. The third-order valence-electron chi connectivity index (χ3n) is 3.70. The minimum atomic E-state index is 0.684. The third kappa shape index (κ3) is 4.02. The van der Waals surface area contributed by atoms with Crippen LogP contribution in [0.3, 0.4) is 0 Å². The van der Waals surface area contributed by atoms with E-state index in [4.69, 9.17) is 16.3 Å². The first-order chi connectivity index (χ1) is 10.7. The summed E-state index contributed by atoms with van der Waals surface area (Å²) in [6.45, 7) is 4.07. The molecule has 0 saturated carbocycles. The van der Waals surface area contributed by atoms with E-state index >= 15 is 0 Å². The minimum Gasteiger partial charge on any atom is -0.456 e. The molecule has 0 spiro atoms. The van der Waals surface area contributed by atoms with E-state index in [0.29, 0.717) is 5.02 Å². The Labute approximate surface area is 144 Å². The first-order valence-corrected chi connectivity index (χ1v) is 8.52. The zero-order valence-electron chi connectivity index (χ0n) is 12.1. The van der Waals surface area contributed by atoms with E-state index in [1.54, 1.807) is 0 Å². The molecule has 2 N–H and O–H groups in total. The first kappa shape index (κ1) is 15.8. The van der Waals surface area contributed by atoms with E-state index in [1.165, 1.54) is 0 Å². The fourth-order valence-corrected chi connectivity index (χ4v) is 3.09. The highest BCUT2D eigenvalue weighted by Crippen LogP contribution is 2.33. The number of para-hydroxylation sites is 1. The molecule has 22 heavy (non-hydrogen) atoms. The van der Waals surface area contributed by atoms with Crippen LogP contribution < -0.4 is 15.4 Å². The molecule has 1 saturated heterocycles. The summed E-state index contributed by atoms with van der Waals surface area (Å²) >= 11 is 9.45. The second-order valence-electron chi connectivity index (χ2n) is 5.44. The van der Waals surface area contributed by atoms with Crippen LogP contribution in [0.4, 0.5) is 0 Å². The standard InChI is InChI=1S/C17H18BrClN2O/c18-15-7-14(19)5-6-17(15)22-16-4-2-1-3-13(16)11-21-10-12-8-20-9-12/h1-7,12,20-21H,8-11H2. The van der Waals surface area contributed by atoms with Crippen molar-refractivity contribution in [2.45, 2.75) is 6.54 Å². The fourth-order valence-electron chi connectivity index (χ4n) is 2.33. The van der Waals surface area contributed by atoms with Crippen LogP contribution >= 0.6 is 27.5 Å². The molecule has 0 bridgehead atoms. The topological polar surface area (TPSA) is 33.3 Å². The van der Waals surface area contributed by atoms with Gasteiger partial charge in [-0.1, -0.05) is 29.8 Å². The largest absolute Gasteiger partial charge is 0.456 e. The molecule has 5 heteroatoms. The Balaban J connectivity index is 1.67. The van der Waals surface area contributed by atoms with Crippen molar-refractivity contribution >= 4 is 27.5 Å². The van der Waals surface area contributed by atoms with Gasteiger partial charge in [-0.3, -0.25) is 0 Å². The van der Waals surface area contributed by atoms with Crippen LogP contribution in [-0.2, 0) is 6.54 Å². The lowest BCUT2D eigenvalue weighted by atomic mass is 10.0. The molecule has 116 valence electrons. The molecule has 0 unspecified atom stereocenters. The number of hydrogen-bond donors (Lipinski definition) is 2. The van der Waals surface area contributed by atoms with E-state index in [1.807, 2.05) is 36.4 Å². The molecular formula is C17H18BrClN2O. The van der Waals surface area contributed by atoms with Gasteiger partial charge in [-0.2, -0.15) is 0 Å². The van der Waals surface area contributed by atoms with Gasteiger partial charge in [-0.05, 0) is 46.1 Å². The molecule has 1 heterocycles. The molecule has 0 atom stereocenters. The highest BCUT2D eigenvalue weighted by atomic mass is 79.9. The fraction of sp³-hybridized carbons (Fsp3) is 0.294. The zero-order chi connectivity index (χ0) is 15.4. The summed E-state index contributed by atoms with van der Waals surface area (Å²) in [6, 6.07) is 13.6. The minimum absolute atomic E-state index is 0.684. The number of hydrogen-bond acceptors (Lipinski definition) is 3. The smallest absolute Gasteiger partial charge is 0.141 e. The summed E-state index contributed by atoms with van der Waals surface area (Å²) in [5, 5.41) is 7.47. The molecule has 0 aliphatic carbocycles. The summed E-state index contributed by atoms with van der Waals surface area (Å²) in [4.78, 5) is 0. The summed E-state index contributed by atoms with van der Waals surface area (Å²) in [5.74, 6) is 2.38. The molecule has 0 aromatic heterocycles. The van der Waals surface area contributed by atoms with Crippen LogP contribution in [0, 0.1) is 5.92 Å². The van der Waals surface area contributed by atoms with Gasteiger partial charge in [0.15, 0.2) is 0 Å². The van der Waals surface area contributed by atoms with Gasteiger partial charge in [0.05, 0.1) is 4.47 Å². The van der Waals surface area contributed by atoms with E-state index in [2.05, 4.69) is 32.6 Å². The van der Waals surface area contributed by atoms with Gasteiger partial charge < -0.3 is 15.4 Å². The lowest BCUT2D eigenvalue weighted by Crippen LogP contribution is -2.47. The lowest BCUT2D eigenvalue weighted by molar-refractivity contribution is 0.330. The predicted octanol–water partition coefficient (Wildman–Crippen LogP) is 4.20. The second kappa shape index (κ2) is 7.47. The van der Waals surface area contributed by atoms with E-state index in [0.717, 1.165) is 53.6 Å². The Morgan fingerprint density at radius 3 is 2.73 bits per heavy atom. The first-order valence-electron chi connectivity index (χ1n) is 7.34. The van der Waals surface area contributed by atoms with Gasteiger partial charge in [0.1, 0.15) is 11.5 Å². The van der Waals surface area contributed by atoms with Crippen LogP contribution in [-0.4, -0.2) is 19.6 Å². The zero-order valence-corrected chi connectivity index (χ0v) is 14.5. The summed E-state index contributed by atoms with van der Waals surface area (Å²) in [5.41, 5.74) is 1.15. The lowest BCUT2D eigenvalue weighted by Gasteiger charge is -2.27. The van der Waals surface area contributed by atoms with Crippen molar-refractivity contribution in [3.63, 3.8) is 0 Å². The van der Waals surface area contributed by atoms with Crippen molar-refractivity contribution in [1.82, 2.24) is 10.6 Å². The maximum Gasteiger partial charge on any atom is 0.141 e. The van der Waals surface area contributed by atoms with Gasteiger partial charge in [0, 0.05) is 36.8 Å². The van der Waals surface area contributed by atoms with Gasteiger partial charge in [0.2, 0.25) is 0 Å². The van der Waals surface area contributed by atoms with Crippen molar-refractivity contribution in [2.75, 3.05) is 19.6 Å². The summed E-state index contributed by atoms with van der Waals surface area (Å²) < 4.78 is 6.89. The average Bonchev–Trinajstić information content (AvgIpc) is 2.46. The molecule has 1 fully saturated rings. The molecular weight excluding hydrogens is 364 g/mol. The summed E-state index contributed by atoms with van der Waals surface area (Å²) in [6.07, 6.45) is 0. The molecule has 2 aromatic carbocycles. The molecule has 0 amide bonds. The van der Waals surface area contributed by atoms with Crippen LogP contribution in [0.5, 0.6) is 11.5 Å². The molecule has 2 aromatic rings. The molecule has 0 radical (unpaired) electrons. The Morgan fingerprint density at radius 1 is 1.18 bits per heavy atom. The van der Waals surface area contributed by atoms with Gasteiger partial charge in [0.25, 0.3) is 0 Å². The maximum absolute atomic E-state index is 6.04. The molecule has 1 aliphatic rings. The maximum atomic E-state index is 6.04. The SMILES string of the molecule is Clc1ccc(Oc2ccccc2CNCC2CNC2)c(Br)c1. The van der Waals surface area contributed by atoms with E-state index in [-0.39, 0.29) is 0 Å². The third-order valence-corrected chi connectivity index (χ3v) is 4.56. The monoisotopic (exact) mass is 380 g/mol. The van der Waals surface area contributed by atoms with Crippen LogP contribution in [0.15, 0.2) is 46.9 Å². The Kier molecular flexibility index (Phi) is 5.37. The van der Waals surface area contributed by atoms with Gasteiger partial charge in [-0.25, -0.2) is 0 Å². The Hall–Kier alpha value is -1.07. The van der Waals surface area contributed by atoms with Crippen molar-refractivity contribution < 1.29 is 4.74 Å². The number of benzene rings is 2. The molecule has 1 aliphatic heterocycles. The van der Waals surface area contributed by atoms with Crippen LogP contribution in [0.1, 0.15) is 5.56 Å². The normalized spacial score (nSPS) is 14.6. The predicted molar refractivity (Wildman–Crippen MR) is 93.7 cm³/mol. The number of ether oxygens (including phenoxy) is 1. The average molecular weight is 382 g/mol. The van der Waals surface area contributed by atoms with Crippen molar-refractivity contribution in [3.8, 4) is 11.5 Å². The molecule has 3 rings (SSSR count). The van der Waals surface area contributed by atoms with Crippen molar-refractivity contribution in [2.24, 2.45) is 5.92 Å². The van der Waals surface area contributed by atoms with Crippen molar-refractivity contribution in [1.29, 1.82) is 0 Å². The van der Waals surface area contributed by atoms with Crippen molar-refractivity contribution in [3.05, 3.63) is 57.5 Å². The number of nitrogens with one attached hydrogen (secondary N) is 2.